The summed E-state index contributed by atoms with van der Waals surface area (Å²) in [5.41, 5.74) is 15.5. The largest absolute Gasteiger partial charge is 0.508 e. The van der Waals surface area contributed by atoms with E-state index in [9.17, 15) is 15.3 Å². The lowest BCUT2D eigenvalue weighted by Gasteiger charge is -2.16. The number of aliphatic imine (C=N–C) groups is 1. The van der Waals surface area contributed by atoms with Gasteiger partial charge >= 0.3 is 0 Å². The van der Waals surface area contributed by atoms with Crippen LogP contribution in [-0.2, 0) is 4.74 Å². The van der Waals surface area contributed by atoms with Gasteiger partial charge in [-0.15, -0.1) is 0 Å². The smallest absolute Gasteiger partial charge is 0.193 e. The van der Waals surface area contributed by atoms with Crippen LogP contribution in [0.4, 0.5) is 11.5 Å². The van der Waals surface area contributed by atoms with E-state index < -0.39 is 24.5 Å². The summed E-state index contributed by atoms with van der Waals surface area (Å²) in [7, 11) is 0. The number of benzene rings is 2. The van der Waals surface area contributed by atoms with Crippen LogP contribution < -0.4 is 16.8 Å². The number of ether oxygens (including phenoxy) is 1. The lowest BCUT2D eigenvalue weighted by atomic mass is 10.1. The minimum atomic E-state index is -1.13. The lowest BCUT2D eigenvalue weighted by molar-refractivity contribution is -0.0289. The van der Waals surface area contributed by atoms with Crippen molar-refractivity contribution in [2.45, 2.75) is 31.0 Å². The van der Waals surface area contributed by atoms with E-state index in [1.54, 1.807) is 28.5 Å². The summed E-state index contributed by atoms with van der Waals surface area (Å²) in [4.78, 5) is 16.7. The predicted molar refractivity (Wildman–Crippen MR) is 151 cm³/mol. The molecule has 2 aromatic heterocycles. The summed E-state index contributed by atoms with van der Waals surface area (Å²) < 4.78 is 7.53. The number of hydrogen-bond donors (Lipinski definition) is 6. The van der Waals surface area contributed by atoms with Crippen molar-refractivity contribution in [2.75, 3.05) is 29.1 Å². The fourth-order valence-electron chi connectivity index (χ4n) is 4.34. The highest BCUT2D eigenvalue weighted by Crippen LogP contribution is 2.33. The molecule has 1 saturated heterocycles. The van der Waals surface area contributed by atoms with Crippen molar-refractivity contribution in [3.8, 4) is 16.9 Å². The first-order valence-electron chi connectivity index (χ1n) is 12.4. The zero-order valence-electron chi connectivity index (χ0n) is 21.0. The molecule has 5 rings (SSSR count). The number of aromatic nitrogens is 4. The number of thioether (sulfide) groups is 1. The lowest BCUT2D eigenvalue weighted by Crippen LogP contribution is -2.32. The maximum atomic E-state index is 10.6. The van der Waals surface area contributed by atoms with Crippen LogP contribution >= 0.6 is 11.8 Å². The molecule has 0 aliphatic carbocycles. The Bertz CT molecular complexity index is 1450. The van der Waals surface area contributed by atoms with Gasteiger partial charge in [-0.2, -0.15) is 11.8 Å². The Labute approximate surface area is 228 Å². The number of aliphatic hydroxyl groups is 2. The number of hydrogen-bond acceptors (Lipinski definition) is 10. The highest BCUT2D eigenvalue weighted by Gasteiger charge is 2.44. The maximum absolute atomic E-state index is 10.6. The van der Waals surface area contributed by atoms with E-state index in [1.165, 1.54) is 12.7 Å². The molecular weight excluding hydrogens is 520 g/mol. The topological polar surface area (TPSA) is 190 Å². The summed E-state index contributed by atoms with van der Waals surface area (Å²) in [5, 5.41) is 33.7. The van der Waals surface area contributed by atoms with Crippen LogP contribution in [0.1, 0.15) is 12.6 Å². The number of rotatable bonds is 9. The Morgan fingerprint density at radius 2 is 1.90 bits per heavy atom. The molecule has 0 radical (unpaired) electrons. The summed E-state index contributed by atoms with van der Waals surface area (Å²) in [6.07, 6.45) is 0.0155. The number of imidazole rings is 1. The van der Waals surface area contributed by atoms with Gasteiger partial charge in [0.05, 0.1) is 12.4 Å². The van der Waals surface area contributed by atoms with Crippen molar-refractivity contribution < 1.29 is 20.1 Å². The molecule has 1 aliphatic heterocycles. The number of nitrogen functional groups attached to an aromatic ring is 1. The first-order valence-corrected chi connectivity index (χ1v) is 13.5. The van der Waals surface area contributed by atoms with E-state index in [0.717, 1.165) is 29.0 Å². The highest BCUT2D eigenvalue weighted by molar-refractivity contribution is 7.99. The number of anilines is 2. The minimum Gasteiger partial charge on any atom is -0.508 e. The fraction of sp³-hybridized carbons (Fsp3) is 0.308. The molecule has 0 saturated carbocycles. The second kappa shape index (κ2) is 11.9. The van der Waals surface area contributed by atoms with Crippen LogP contribution in [0.5, 0.6) is 5.75 Å². The average molecular weight is 551 g/mol. The molecule has 0 unspecified atom stereocenters. The molecule has 4 atom stereocenters. The van der Waals surface area contributed by atoms with Crippen molar-refractivity contribution in [1.29, 1.82) is 0 Å². The molecular formula is C26H30N8O4S. The van der Waals surface area contributed by atoms with Gasteiger partial charge in [0.25, 0.3) is 0 Å². The van der Waals surface area contributed by atoms with E-state index >= 15 is 0 Å². The molecule has 8 N–H and O–H groups in total. The first-order chi connectivity index (χ1) is 18.9. The number of aliphatic hydroxyl groups excluding tert-OH is 2. The van der Waals surface area contributed by atoms with Crippen LogP contribution in [0.2, 0.25) is 0 Å². The van der Waals surface area contributed by atoms with Gasteiger partial charge in [-0.3, -0.25) is 9.56 Å². The van der Waals surface area contributed by atoms with Crippen molar-refractivity contribution in [2.24, 2.45) is 10.7 Å². The van der Waals surface area contributed by atoms with Gasteiger partial charge in [0.15, 0.2) is 23.7 Å². The van der Waals surface area contributed by atoms with Crippen LogP contribution in [-0.4, -0.2) is 77.2 Å². The standard InChI is InChI=1S/C26H30N8O4S/c27-23-20-24(31-13-30-23)34(14-32-20)25-22(37)21(36)19(38-25)12-39-10-2-9-29-26(28)33-17-4-1-3-16(11-17)15-5-7-18(35)8-6-15/h1,3-8,11,13-14,19,21-22,25,35-37H,2,9-10,12H2,(H2,27,30,31)(H3,28,29,33)/t19-,21-,22-,25-/m1/s1. The van der Waals surface area contributed by atoms with Crippen molar-refractivity contribution in [3.63, 3.8) is 0 Å². The summed E-state index contributed by atoms with van der Waals surface area (Å²) in [6, 6.07) is 14.8. The predicted octanol–water partition coefficient (Wildman–Crippen LogP) is 1.95. The van der Waals surface area contributed by atoms with Crippen LogP contribution in [0, 0.1) is 0 Å². The van der Waals surface area contributed by atoms with Crippen LogP contribution in [0.3, 0.4) is 0 Å². The molecule has 204 valence electrons. The molecule has 1 aliphatic rings. The molecule has 4 aromatic rings. The summed E-state index contributed by atoms with van der Waals surface area (Å²) in [6.45, 7) is 0.533. The number of nitrogens with two attached hydrogens (primary N) is 2. The van der Waals surface area contributed by atoms with E-state index in [-0.39, 0.29) is 11.6 Å². The molecule has 0 bridgehead atoms. The van der Waals surface area contributed by atoms with Gasteiger partial charge in [-0.05, 0) is 47.6 Å². The van der Waals surface area contributed by atoms with E-state index in [1.807, 2.05) is 36.4 Å². The van der Waals surface area contributed by atoms with Gasteiger partial charge in [-0.25, -0.2) is 15.0 Å². The SMILES string of the molecule is NC(=NCCCSC[C@H]1O[C@@H](n2cnc3c(N)ncnc32)[C@H](O)[C@@H]1O)Nc1cccc(-c2ccc(O)cc2)c1. The number of phenols is 1. The monoisotopic (exact) mass is 550 g/mol. The van der Waals surface area contributed by atoms with Gasteiger partial charge in [0.1, 0.15) is 29.8 Å². The Morgan fingerprint density at radius 1 is 1.08 bits per heavy atom. The number of nitrogens with one attached hydrogen (secondary N) is 1. The Morgan fingerprint density at radius 3 is 2.72 bits per heavy atom. The number of fused-ring (bicyclic) bond motifs is 1. The molecule has 0 amide bonds. The third-order valence-electron chi connectivity index (χ3n) is 6.35. The van der Waals surface area contributed by atoms with Gasteiger partial charge in [0.2, 0.25) is 0 Å². The number of aromatic hydroxyl groups is 1. The van der Waals surface area contributed by atoms with Gasteiger partial charge in [0, 0.05) is 18.0 Å². The van der Waals surface area contributed by atoms with Crippen molar-refractivity contribution in [1.82, 2.24) is 19.5 Å². The average Bonchev–Trinajstić information content (AvgIpc) is 3.48. The van der Waals surface area contributed by atoms with Gasteiger partial charge < -0.3 is 36.8 Å². The van der Waals surface area contributed by atoms with E-state index in [0.29, 0.717) is 29.4 Å². The second-order valence-electron chi connectivity index (χ2n) is 9.08. The molecule has 2 aromatic carbocycles. The Balaban J connectivity index is 1.07. The molecule has 1 fully saturated rings. The normalized spacial score (nSPS) is 21.4. The molecule has 13 heteroatoms. The zero-order valence-corrected chi connectivity index (χ0v) is 21.8. The molecule has 3 heterocycles. The summed E-state index contributed by atoms with van der Waals surface area (Å²) in [5.74, 6) is 2.06. The Kier molecular flexibility index (Phi) is 8.12. The first kappa shape index (κ1) is 26.7. The van der Waals surface area contributed by atoms with Crippen LogP contribution in [0.15, 0.2) is 66.2 Å². The number of phenolic OH excluding ortho intramolecular Hbond substituents is 1. The van der Waals surface area contributed by atoms with Crippen molar-refractivity contribution >= 4 is 40.4 Å². The van der Waals surface area contributed by atoms with Crippen molar-refractivity contribution in [3.05, 3.63) is 61.2 Å². The maximum Gasteiger partial charge on any atom is 0.193 e. The molecule has 0 spiro atoms. The molecule has 12 nitrogen and oxygen atoms in total. The zero-order chi connectivity index (χ0) is 27.4. The third kappa shape index (κ3) is 6.06. The fourth-order valence-corrected chi connectivity index (χ4v) is 5.34. The Hall–Kier alpha value is -3.91. The van der Waals surface area contributed by atoms with E-state index in [4.69, 9.17) is 16.2 Å². The quantitative estimate of drug-likeness (QED) is 0.101. The van der Waals surface area contributed by atoms with Gasteiger partial charge in [-0.1, -0.05) is 24.3 Å². The second-order valence-corrected chi connectivity index (χ2v) is 10.2. The van der Waals surface area contributed by atoms with E-state index in [2.05, 4.69) is 25.3 Å². The number of nitrogens with zero attached hydrogens (tertiary/aromatic N) is 5. The third-order valence-corrected chi connectivity index (χ3v) is 7.49. The minimum absolute atomic E-state index is 0.223. The summed E-state index contributed by atoms with van der Waals surface area (Å²) >= 11 is 1.60. The van der Waals surface area contributed by atoms with Crippen LogP contribution in [0.25, 0.3) is 22.3 Å². The highest BCUT2D eigenvalue weighted by atomic mass is 32.2. The number of guanidine groups is 1. The molecule has 39 heavy (non-hydrogen) atoms.